The quantitative estimate of drug-likeness (QED) is 0.652. The van der Waals surface area contributed by atoms with Crippen LogP contribution in [0, 0.1) is 0 Å². The summed E-state index contributed by atoms with van der Waals surface area (Å²) in [6.07, 6.45) is 0. The highest BCUT2D eigenvalue weighted by atomic mass is 79.9. The maximum Gasteiger partial charge on any atom is 0.325 e. The third kappa shape index (κ3) is 5.35. The maximum atomic E-state index is 12.5. The zero-order valence-corrected chi connectivity index (χ0v) is 15.9. The smallest absolute Gasteiger partial charge is 0.325 e. The van der Waals surface area contributed by atoms with Crippen LogP contribution in [0.4, 0.5) is 0 Å². The molecule has 0 radical (unpaired) electrons. The Morgan fingerprint density at radius 3 is 2.44 bits per heavy atom. The monoisotopic (exact) mass is 409 g/mol. The molecule has 1 aromatic carbocycles. The lowest BCUT2D eigenvalue weighted by Crippen LogP contribution is -2.40. The molecule has 0 bridgehead atoms. The van der Waals surface area contributed by atoms with Gasteiger partial charge in [0.15, 0.2) is 5.76 Å². The van der Waals surface area contributed by atoms with Gasteiger partial charge in [0.25, 0.3) is 5.91 Å². The molecule has 134 valence electrons. The van der Waals surface area contributed by atoms with Crippen LogP contribution < -0.4 is 4.74 Å². The molecule has 1 amide bonds. The lowest BCUT2D eigenvalue weighted by molar-refractivity contribution is -0.141. The third-order valence-electron chi connectivity index (χ3n) is 3.48. The molecule has 0 aliphatic rings. The number of nitrogens with zero attached hydrogens (tertiary/aromatic N) is 1. The summed E-state index contributed by atoms with van der Waals surface area (Å²) < 4.78 is 16.8. The number of esters is 1. The predicted molar refractivity (Wildman–Crippen MR) is 95.4 cm³/mol. The maximum absolute atomic E-state index is 12.5. The lowest BCUT2D eigenvalue weighted by Gasteiger charge is -2.24. The molecular weight excluding hydrogens is 390 g/mol. The molecule has 0 saturated heterocycles. The molecule has 1 heterocycles. The van der Waals surface area contributed by atoms with E-state index in [0.717, 1.165) is 4.47 Å². The van der Waals surface area contributed by atoms with Gasteiger partial charge >= 0.3 is 5.97 Å². The van der Waals surface area contributed by atoms with Gasteiger partial charge in [-0.05, 0) is 50.2 Å². The predicted octanol–water partition coefficient (Wildman–Crippen LogP) is 3.64. The van der Waals surface area contributed by atoms with E-state index in [1.807, 2.05) is 38.1 Å². The Bertz CT molecular complexity index is 723. The van der Waals surface area contributed by atoms with Crippen LogP contribution in [0.25, 0.3) is 0 Å². The van der Waals surface area contributed by atoms with E-state index < -0.39 is 5.97 Å². The molecule has 0 atom stereocenters. The van der Waals surface area contributed by atoms with Crippen molar-refractivity contribution in [1.82, 2.24) is 4.90 Å². The van der Waals surface area contributed by atoms with Crippen molar-refractivity contribution in [2.45, 2.75) is 26.5 Å². The van der Waals surface area contributed by atoms with Crippen molar-refractivity contribution in [2.75, 3.05) is 13.7 Å². The second kappa shape index (κ2) is 8.71. The van der Waals surface area contributed by atoms with Gasteiger partial charge in [0.2, 0.25) is 0 Å². The first kappa shape index (κ1) is 19.1. The normalized spacial score (nSPS) is 10.6. The lowest BCUT2D eigenvalue weighted by atomic mass is 10.2. The van der Waals surface area contributed by atoms with Crippen LogP contribution in [0.15, 0.2) is 45.3 Å². The van der Waals surface area contributed by atoms with Crippen LogP contribution in [0.1, 0.15) is 30.2 Å². The van der Waals surface area contributed by atoms with Crippen molar-refractivity contribution in [3.63, 3.8) is 0 Å². The van der Waals surface area contributed by atoms with Crippen LogP contribution in [0.2, 0.25) is 0 Å². The van der Waals surface area contributed by atoms with E-state index in [1.165, 1.54) is 12.0 Å². The number of hydrogen-bond acceptors (Lipinski definition) is 5. The van der Waals surface area contributed by atoms with Crippen molar-refractivity contribution in [2.24, 2.45) is 0 Å². The molecule has 0 aliphatic carbocycles. The summed E-state index contributed by atoms with van der Waals surface area (Å²) >= 11 is 3.36. The van der Waals surface area contributed by atoms with Crippen molar-refractivity contribution >= 4 is 27.8 Å². The van der Waals surface area contributed by atoms with E-state index in [-0.39, 0.29) is 30.9 Å². The summed E-state index contributed by atoms with van der Waals surface area (Å²) in [4.78, 5) is 25.4. The molecule has 6 nitrogen and oxygen atoms in total. The van der Waals surface area contributed by atoms with E-state index >= 15 is 0 Å². The van der Waals surface area contributed by atoms with Gasteiger partial charge in [0.05, 0.1) is 7.11 Å². The van der Waals surface area contributed by atoms with E-state index in [2.05, 4.69) is 20.7 Å². The molecule has 2 rings (SSSR count). The summed E-state index contributed by atoms with van der Waals surface area (Å²) in [5.74, 6) is 0.532. The molecule has 0 unspecified atom stereocenters. The average molecular weight is 410 g/mol. The number of furan rings is 1. The Balaban J connectivity index is 2.01. The molecule has 1 aromatic heterocycles. The molecule has 2 aromatic rings. The SMILES string of the molecule is COC(=O)CN(C(=O)c1ccc(COc2ccc(Br)cc2)o1)C(C)C. The van der Waals surface area contributed by atoms with E-state index in [1.54, 1.807) is 12.1 Å². The number of rotatable bonds is 7. The number of methoxy groups -OCH3 is 1. The highest BCUT2D eigenvalue weighted by Crippen LogP contribution is 2.19. The van der Waals surface area contributed by atoms with Crippen molar-refractivity contribution in [1.29, 1.82) is 0 Å². The van der Waals surface area contributed by atoms with Crippen LogP contribution >= 0.6 is 15.9 Å². The molecule has 0 N–H and O–H groups in total. The van der Waals surface area contributed by atoms with E-state index in [9.17, 15) is 9.59 Å². The minimum Gasteiger partial charge on any atom is -0.486 e. The summed E-state index contributed by atoms with van der Waals surface area (Å²) in [6, 6.07) is 10.5. The van der Waals surface area contributed by atoms with Gasteiger partial charge in [-0.2, -0.15) is 0 Å². The average Bonchev–Trinajstić information content (AvgIpc) is 3.07. The van der Waals surface area contributed by atoms with Crippen LogP contribution in [0.3, 0.4) is 0 Å². The van der Waals surface area contributed by atoms with Gasteiger partial charge in [0, 0.05) is 10.5 Å². The number of amides is 1. The van der Waals surface area contributed by atoms with Gasteiger partial charge < -0.3 is 18.8 Å². The molecule has 0 saturated carbocycles. The number of ether oxygens (including phenoxy) is 2. The Labute approximate surface area is 154 Å². The van der Waals surface area contributed by atoms with Crippen LogP contribution in [-0.4, -0.2) is 36.5 Å². The van der Waals surface area contributed by atoms with Gasteiger partial charge in [-0.15, -0.1) is 0 Å². The summed E-state index contributed by atoms with van der Waals surface area (Å²) in [5.41, 5.74) is 0. The first-order valence-electron chi connectivity index (χ1n) is 7.75. The molecular formula is C18H20BrNO5. The van der Waals surface area contributed by atoms with Gasteiger partial charge in [0.1, 0.15) is 24.7 Å². The summed E-state index contributed by atoms with van der Waals surface area (Å²) in [7, 11) is 1.29. The third-order valence-corrected chi connectivity index (χ3v) is 4.01. The first-order valence-corrected chi connectivity index (χ1v) is 8.55. The van der Waals surface area contributed by atoms with E-state index in [4.69, 9.17) is 9.15 Å². The summed E-state index contributed by atoms with van der Waals surface area (Å²) in [5, 5.41) is 0. The Hall–Kier alpha value is -2.28. The Morgan fingerprint density at radius 2 is 1.84 bits per heavy atom. The summed E-state index contributed by atoms with van der Waals surface area (Å²) in [6.45, 7) is 3.72. The van der Waals surface area contributed by atoms with Crippen LogP contribution in [-0.2, 0) is 16.1 Å². The minimum absolute atomic E-state index is 0.127. The number of carbonyl (C=O) groups is 2. The van der Waals surface area contributed by atoms with Crippen LogP contribution in [0.5, 0.6) is 5.75 Å². The van der Waals surface area contributed by atoms with Gasteiger partial charge in [-0.1, -0.05) is 15.9 Å². The Morgan fingerprint density at radius 1 is 1.16 bits per heavy atom. The number of benzene rings is 1. The van der Waals surface area contributed by atoms with Gasteiger partial charge in [-0.3, -0.25) is 9.59 Å². The van der Waals surface area contributed by atoms with Crippen molar-refractivity contribution in [3.8, 4) is 5.75 Å². The van der Waals surface area contributed by atoms with E-state index in [0.29, 0.717) is 11.5 Å². The molecule has 0 spiro atoms. The number of halogens is 1. The molecule has 0 aliphatic heterocycles. The first-order chi connectivity index (χ1) is 11.9. The second-order valence-corrected chi connectivity index (χ2v) is 6.53. The van der Waals surface area contributed by atoms with Crippen molar-refractivity contribution < 1.29 is 23.5 Å². The number of hydrogen-bond donors (Lipinski definition) is 0. The highest BCUT2D eigenvalue weighted by molar-refractivity contribution is 9.10. The minimum atomic E-state index is -0.479. The highest BCUT2D eigenvalue weighted by Gasteiger charge is 2.24. The zero-order valence-electron chi connectivity index (χ0n) is 14.3. The Kier molecular flexibility index (Phi) is 6.64. The fourth-order valence-corrected chi connectivity index (χ4v) is 2.35. The second-order valence-electron chi connectivity index (χ2n) is 5.61. The fourth-order valence-electron chi connectivity index (χ4n) is 2.09. The largest absolute Gasteiger partial charge is 0.486 e. The topological polar surface area (TPSA) is 69.0 Å². The standard InChI is InChI=1S/C18H20BrNO5/c1-12(2)20(10-17(21)23-3)18(22)16-9-8-15(25-16)11-24-14-6-4-13(19)5-7-14/h4-9,12H,10-11H2,1-3H3. The zero-order chi connectivity index (χ0) is 18.4. The fraction of sp³-hybridized carbons (Fsp3) is 0.333. The van der Waals surface area contributed by atoms with Gasteiger partial charge in [-0.25, -0.2) is 0 Å². The van der Waals surface area contributed by atoms with Crippen molar-refractivity contribution in [3.05, 3.63) is 52.4 Å². The molecule has 7 heteroatoms. The molecule has 0 fully saturated rings. The molecule has 25 heavy (non-hydrogen) atoms. The number of carbonyl (C=O) groups excluding carboxylic acids is 2.